The molecule has 0 radical (unpaired) electrons. The summed E-state index contributed by atoms with van der Waals surface area (Å²) < 4.78 is 0.961. The zero-order chi connectivity index (χ0) is 18.1. The molecule has 0 aliphatic heterocycles. The number of hydrogen-bond acceptors (Lipinski definition) is 2. The number of carbonyl (C=O) groups excluding carboxylic acids is 1. The summed E-state index contributed by atoms with van der Waals surface area (Å²) in [6.45, 7) is 0. The van der Waals surface area contributed by atoms with Crippen LogP contribution >= 0.6 is 27.3 Å². The molecule has 3 nitrogen and oxygen atoms in total. The number of para-hydroxylation sites is 1. The number of aromatic nitrogens is 1. The van der Waals surface area contributed by atoms with Crippen molar-refractivity contribution in [1.82, 2.24) is 9.88 Å². The zero-order valence-electron chi connectivity index (χ0n) is 14.1. The Morgan fingerprint density at radius 1 is 1.08 bits per heavy atom. The highest BCUT2D eigenvalue weighted by atomic mass is 79.9. The molecule has 4 aromatic rings. The maximum Gasteiger partial charge on any atom is 0.254 e. The van der Waals surface area contributed by atoms with Crippen LogP contribution in [0.2, 0.25) is 0 Å². The fraction of sp³-hybridized carbons (Fsp3) is 0.0952. The fourth-order valence-electron chi connectivity index (χ4n) is 3.23. The maximum absolute atomic E-state index is 13.1. The van der Waals surface area contributed by atoms with Crippen molar-refractivity contribution in [2.75, 3.05) is 7.05 Å². The minimum Gasteiger partial charge on any atom is -0.361 e. The van der Waals surface area contributed by atoms with Crippen LogP contribution in [0.15, 0.2) is 76.7 Å². The van der Waals surface area contributed by atoms with Crippen LogP contribution in [0.4, 0.5) is 0 Å². The Morgan fingerprint density at radius 3 is 2.58 bits per heavy atom. The number of carbonyl (C=O) groups is 1. The fourth-order valence-corrected chi connectivity index (χ4v) is 4.38. The molecule has 2 aromatic carbocycles. The number of hydrogen-bond donors (Lipinski definition) is 1. The van der Waals surface area contributed by atoms with Crippen molar-refractivity contribution in [3.63, 3.8) is 0 Å². The van der Waals surface area contributed by atoms with Crippen molar-refractivity contribution < 1.29 is 4.79 Å². The van der Waals surface area contributed by atoms with Crippen LogP contribution in [0.1, 0.15) is 26.8 Å². The molecule has 0 fully saturated rings. The monoisotopic (exact) mass is 424 g/mol. The topological polar surface area (TPSA) is 36.1 Å². The Balaban J connectivity index is 1.79. The average Bonchev–Trinajstić information content (AvgIpc) is 3.33. The van der Waals surface area contributed by atoms with Crippen molar-refractivity contribution in [3.8, 4) is 0 Å². The highest BCUT2D eigenvalue weighted by molar-refractivity contribution is 9.10. The summed E-state index contributed by atoms with van der Waals surface area (Å²) in [6.07, 6.45) is 2.01. The van der Waals surface area contributed by atoms with Crippen molar-refractivity contribution in [2.45, 2.75) is 6.04 Å². The van der Waals surface area contributed by atoms with E-state index in [0.29, 0.717) is 5.56 Å². The molecular weight excluding hydrogens is 408 g/mol. The smallest absolute Gasteiger partial charge is 0.254 e. The van der Waals surface area contributed by atoms with E-state index < -0.39 is 0 Å². The first-order chi connectivity index (χ1) is 12.6. The van der Waals surface area contributed by atoms with E-state index >= 15 is 0 Å². The highest BCUT2D eigenvalue weighted by Crippen LogP contribution is 2.36. The largest absolute Gasteiger partial charge is 0.361 e. The van der Waals surface area contributed by atoms with Gasteiger partial charge in [-0.2, -0.15) is 0 Å². The number of halogens is 1. The van der Waals surface area contributed by atoms with Gasteiger partial charge in [0.2, 0.25) is 0 Å². The van der Waals surface area contributed by atoms with Crippen LogP contribution in [0.3, 0.4) is 0 Å². The molecule has 130 valence electrons. The molecule has 0 aliphatic rings. The van der Waals surface area contributed by atoms with Gasteiger partial charge < -0.3 is 9.88 Å². The first kappa shape index (κ1) is 17.1. The van der Waals surface area contributed by atoms with E-state index in [2.05, 4.69) is 44.5 Å². The molecule has 2 aromatic heterocycles. The number of benzene rings is 2. The normalized spacial score (nSPS) is 12.2. The number of rotatable bonds is 4. The van der Waals surface area contributed by atoms with Crippen molar-refractivity contribution in [2.24, 2.45) is 0 Å². The average molecular weight is 425 g/mol. The molecule has 1 amide bonds. The predicted molar refractivity (Wildman–Crippen MR) is 111 cm³/mol. The number of amides is 1. The van der Waals surface area contributed by atoms with Gasteiger partial charge in [0.25, 0.3) is 5.91 Å². The minimum atomic E-state index is -0.137. The SMILES string of the molecule is CN(C(=O)c1ccc(Br)cc1)[C@@H](c1cccs1)c1c[nH]c2ccccc12. The van der Waals surface area contributed by atoms with E-state index in [0.717, 1.165) is 25.8 Å². The molecule has 1 N–H and O–H groups in total. The molecule has 0 saturated carbocycles. The van der Waals surface area contributed by atoms with Gasteiger partial charge in [0.1, 0.15) is 0 Å². The van der Waals surface area contributed by atoms with Crippen molar-refractivity contribution in [1.29, 1.82) is 0 Å². The van der Waals surface area contributed by atoms with Gasteiger partial charge >= 0.3 is 0 Å². The van der Waals surface area contributed by atoms with E-state index in [1.807, 2.05) is 60.6 Å². The van der Waals surface area contributed by atoms with Gasteiger partial charge in [-0.1, -0.05) is 40.2 Å². The number of fused-ring (bicyclic) bond motifs is 1. The number of H-pyrrole nitrogens is 1. The van der Waals surface area contributed by atoms with Crippen LogP contribution in [-0.2, 0) is 0 Å². The van der Waals surface area contributed by atoms with E-state index in [4.69, 9.17) is 0 Å². The summed E-state index contributed by atoms with van der Waals surface area (Å²) in [6, 6.07) is 19.7. The first-order valence-corrected chi connectivity index (χ1v) is 9.94. The second kappa shape index (κ2) is 7.09. The minimum absolute atomic E-state index is 0.00109. The standard InChI is InChI=1S/C21H17BrN2OS/c1-24(21(25)14-8-10-15(22)11-9-14)20(19-7-4-12-26-19)17-13-23-18-6-3-2-5-16(17)18/h2-13,20,23H,1H3/t20-/m1/s1. The lowest BCUT2D eigenvalue weighted by atomic mass is 10.0. The number of nitrogens with zero attached hydrogens (tertiary/aromatic N) is 1. The van der Waals surface area contributed by atoms with Gasteiger partial charge in [-0.25, -0.2) is 0 Å². The number of thiophene rings is 1. The molecule has 4 rings (SSSR count). The van der Waals surface area contributed by atoms with Gasteiger partial charge in [0.05, 0.1) is 6.04 Å². The molecule has 0 aliphatic carbocycles. The first-order valence-electron chi connectivity index (χ1n) is 8.27. The molecule has 5 heteroatoms. The summed E-state index contributed by atoms with van der Waals surface area (Å²) in [5.41, 5.74) is 2.86. The third-order valence-electron chi connectivity index (χ3n) is 4.53. The Morgan fingerprint density at radius 2 is 1.85 bits per heavy atom. The van der Waals surface area contributed by atoms with Gasteiger partial charge in [0.15, 0.2) is 0 Å². The molecule has 26 heavy (non-hydrogen) atoms. The summed E-state index contributed by atoms with van der Waals surface area (Å²) in [7, 11) is 1.87. The lowest BCUT2D eigenvalue weighted by Crippen LogP contribution is -2.31. The van der Waals surface area contributed by atoms with Crippen LogP contribution in [0, 0.1) is 0 Å². The van der Waals surface area contributed by atoms with Crippen LogP contribution in [0.5, 0.6) is 0 Å². The Hall–Kier alpha value is -2.37. The van der Waals surface area contributed by atoms with E-state index in [-0.39, 0.29) is 11.9 Å². The van der Waals surface area contributed by atoms with Gasteiger partial charge in [-0.05, 0) is 41.8 Å². The van der Waals surface area contributed by atoms with E-state index in [1.54, 1.807) is 11.3 Å². The Bertz CT molecular complexity index is 1040. The molecule has 1 atom stereocenters. The van der Waals surface area contributed by atoms with Gasteiger partial charge in [0, 0.05) is 44.6 Å². The van der Waals surface area contributed by atoms with Crippen LogP contribution in [0.25, 0.3) is 10.9 Å². The Kier molecular flexibility index (Phi) is 4.66. The molecule has 0 spiro atoms. The highest BCUT2D eigenvalue weighted by Gasteiger charge is 2.27. The second-order valence-corrected chi connectivity index (χ2v) is 8.03. The summed E-state index contributed by atoms with van der Waals surface area (Å²) in [5.74, 6) is 0.00109. The molecule has 0 unspecified atom stereocenters. The lowest BCUT2D eigenvalue weighted by Gasteiger charge is -2.27. The van der Waals surface area contributed by atoms with Crippen LogP contribution < -0.4 is 0 Å². The number of aromatic amines is 1. The van der Waals surface area contributed by atoms with Crippen LogP contribution in [-0.4, -0.2) is 22.8 Å². The van der Waals surface area contributed by atoms with Gasteiger partial charge in [-0.3, -0.25) is 4.79 Å². The van der Waals surface area contributed by atoms with Crippen molar-refractivity contribution in [3.05, 3.63) is 92.7 Å². The molecular formula is C21H17BrN2OS. The molecule has 0 saturated heterocycles. The quantitative estimate of drug-likeness (QED) is 0.437. The summed E-state index contributed by atoms with van der Waals surface area (Å²) in [4.78, 5) is 19.4. The second-order valence-electron chi connectivity index (χ2n) is 6.13. The van der Waals surface area contributed by atoms with E-state index in [9.17, 15) is 4.79 Å². The summed E-state index contributed by atoms with van der Waals surface area (Å²) >= 11 is 5.09. The third kappa shape index (κ3) is 3.08. The maximum atomic E-state index is 13.1. The third-order valence-corrected chi connectivity index (χ3v) is 5.98. The zero-order valence-corrected chi connectivity index (χ0v) is 16.5. The molecule has 2 heterocycles. The van der Waals surface area contributed by atoms with E-state index in [1.165, 1.54) is 0 Å². The van der Waals surface area contributed by atoms with Crippen molar-refractivity contribution >= 4 is 44.1 Å². The molecule has 0 bridgehead atoms. The lowest BCUT2D eigenvalue weighted by molar-refractivity contribution is 0.0758. The summed E-state index contributed by atoms with van der Waals surface area (Å²) in [5, 5.41) is 3.19. The number of nitrogens with one attached hydrogen (secondary N) is 1. The Labute approximate surface area is 164 Å². The van der Waals surface area contributed by atoms with Gasteiger partial charge in [-0.15, -0.1) is 11.3 Å². The predicted octanol–water partition coefficient (Wildman–Crippen LogP) is 5.85.